The monoisotopic (exact) mass is 260 g/mol. The number of hydrogen-bond donors (Lipinski definition) is 1. The van der Waals surface area contributed by atoms with Crippen LogP contribution in [-0.4, -0.2) is 11.7 Å². The van der Waals surface area contributed by atoms with E-state index in [1.54, 1.807) is 6.92 Å². The molecule has 1 aromatic rings. The first kappa shape index (κ1) is 15.8. The molecule has 1 nitrogen and oxygen atoms in total. The first-order valence-corrected chi connectivity index (χ1v) is 4.48. The van der Waals surface area contributed by atoms with Gasteiger partial charge in [0.1, 0.15) is 0 Å². The van der Waals surface area contributed by atoms with E-state index in [1.807, 2.05) is 0 Å². The average Bonchev–Trinajstić information content (AvgIpc) is 2.16. The topological polar surface area (TPSA) is 20.2 Å². The van der Waals surface area contributed by atoms with Crippen LogP contribution in [0.3, 0.4) is 0 Å². The smallest absolute Gasteiger partial charge is 0.397 e. The van der Waals surface area contributed by atoms with Crippen molar-refractivity contribution in [1.82, 2.24) is 0 Å². The minimum absolute atomic E-state index is 0.250. The Labute approximate surface area is 93.7 Å². The minimum atomic E-state index is -4.98. The summed E-state index contributed by atoms with van der Waals surface area (Å²) >= 11 is 0. The fourth-order valence-corrected chi connectivity index (χ4v) is 0.978. The standard InChI is InChI=1S/C8H4F6.C2H6O/c9-7(10,11)5-3-1-2-4-6(5)8(12,13)14;1-2-3/h1-4H;3H,2H2,1H3. The van der Waals surface area contributed by atoms with Gasteiger partial charge < -0.3 is 5.11 Å². The maximum atomic E-state index is 12.1. The van der Waals surface area contributed by atoms with Crippen LogP contribution in [0.25, 0.3) is 0 Å². The molecule has 0 bridgehead atoms. The molecule has 17 heavy (non-hydrogen) atoms. The Balaban J connectivity index is 0.000000770. The van der Waals surface area contributed by atoms with Gasteiger partial charge in [-0.15, -0.1) is 0 Å². The number of halogens is 6. The van der Waals surface area contributed by atoms with Crippen molar-refractivity contribution in [3.63, 3.8) is 0 Å². The van der Waals surface area contributed by atoms with Gasteiger partial charge >= 0.3 is 12.4 Å². The van der Waals surface area contributed by atoms with Gasteiger partial charge in [-0.3, -0.25) is 0 Å². The van der Waals surface area contributed by atoms with Crippen LogP contribution in [0.2, 0.25) is 0 Å². The summed E-state index contributed by atoms with van der Waals surface area (Å²) in [6, 6.07) is 2.64. The lowest BCUT2D eigenvalue weighted by Gasteiger charge is -2.14. The molecule has 0 radical (unpaired) electrons. The third kappa shape index (κ3) is 5.08. The van der Waals surface area contributed by atoms with Gasteiger partial charge in [-0.25, -0.2) is 0 Å². The molecule has 0 fully saturated rings. The van der Waals surface area contributed by atoms with E-state index < -0.39 is 23.5 Å². The highest BCUT2D eigenvalue weighted by atomic mass is 19.4. The van der Waals surface area contributed by atoms with Gasteiger partial charge in [-0.2, -0.15) is 26.3 Å². The fraction of sp³-hybridized carbons (Fsp3) is 0.400. The molecule has 0 aliphatic rings. The van der Waals surface area contributed by atoms with Crippen LogP contribution in [0.15, 0.2) is 24.3 Å². The molecule has 1 rings (SSSR count). The summed E-state index contributed by atoms with van der Waals surface area (Å²) in [5, 5.41) is 7.57. The molecule has 0 unspecified atom stereocenters. The van der Waals surface area contributed by atoms with Crippen molar-refractivity contribution in [2.45, 2.75) is 19.3 Å². The van der Waals surface area contributed by atoms with E-state index >= 15 is 0 Å². The molecule has 98 valence electrons. The van der Waals surface area contributed by atoms with Crippen molar-refractivity contribution in [1.29, 1.82) is 0 Å². The van der Waals surface area contributed by atoms with Crippen molar-refractivity contribution in [3.05, 3.63) is 35.4 Å². The summed E-state index contributed by atoms with van der Waals surface area (Å²) in [4.78, 5) is 0. The third-order valence-corrected chi connectivity index (χ3v) is 1.54. The summed E-state index contributed by atoms with van der Waals surface area (Å²) in [6.07, 6.45) is -9.96. The SMILES string of the molecule is CCO.FC(F)(F)c1ccccc1C(F)(F)F. The third-order valence-electron chi connectivity index (χ3n) is 1.54. The Hall–Kier alpha value is -1.24. The molecule has 0 aliphatic heterocycles. The normalized spacial score (nSPS) is 11.8. The van der Waals surface area contributed by atoms with Crippen LogP contribution in [0.5, 0.6) is 0 Å². The van der Waals surface area contributed by atoms with Crippen molar-refractivity contribution in [2.24, 2.45) is 0 Å². The largest absolute Gasteiger partial charge is 0.417 e. The second-order valence-electron chi connectivity index (χ2n) is 2.86. The predicted octanol–water partition coefficient (Wildman–Crippen LogP) is 3.72. The predicted molar refractivity (Wildman–Crippen MR) is 49.2 cm³/mol. The van der Waals surface area contributed by atoms with E-state index in [2.05, 4.69) is 0 Å². The fourth-order valence-electron chi connectivity index (χ4n) is 0.978. The van der Waals surface area contributed by atoms with Crippen LogP contribution in [0, 0.1) is 0 Å². The Morgan fingerprint density at radius 1 is 0.882 bits per heavy atom. The van der Waals surface area contributed by atoms with Gasteiger partial charge in [0, 0.05) is 6.61 Å². The van der Waals surface area contributed by atoms with Gasteiger partial charge in [-0.05, 0) is 19.1 Å². The lowest BCUT2D eigenvalue weighted by Crippen LogP contribution is -2.15. The number of aliphatic hydroxyl groups excluding tert-OH is 1. The zero-order valence-corrected chi connectivity index (χ0v) is 8.73. The van der Waals surface area contributed by atoms with E-state index in [1.165, 1.54) is 0 Å². The average molecular weight is 260 g/mol. The molecule has 0 atom stereocenters. The Morgan fingerprint density at radius 3 is 1.29 bits per heavy atom. The zero-order valence-electron chi connectivity index (χ0n) is 8.73. The van der Waals surface area contributed by atoms with Crippen LogP contribution in [0.1, 0.15) is 18.1 Å². The Bertz CT molecular complexity index is 308. The van der Waals surface area contributed by atoms with Gasteiger partial charge in [0.25, 0.3) is 0 Å². The molecular formula is C10H10F6O. The first-order valence-electron chi connectivity index (χ1n) is 4.48. The molecule has 0 aromatic heterocycles. The molecular weight excluding hydrogens is 250 g/mol. The van der Waals surface area contributed by atoms with Crippen molar-refractivity contribution in [2.75, 3.05) is 6.61 Å². The van der Waals surface area contributed by atoms with Crippen LogP contribution < -0.4 is 0 Å². The maximum absolute atomic E-state index is 12.1. The highest BCUT2D eigenvalue weighted by molar-refractivity contribution is 5.31. The van der Waals surface area contributed by atoms with Crippen LogP contribution in [-0.2, 0) is 12.4 Å². The van der Waals surface area contributed by atoms with Gasteiger partial charge in [-0.1, -0.05) is 12.1 Å². The second-order valence-corrected chi connectivity index (χ2v) is 2.86. The van der Waals surface area contributed by atoms with Gasteiger partial charge in [0.2, 0.25) is 0 Å². The van der Waals surface area contributed by atoms with Crippen molar-refractivity contribution < 1.29 is 31.4 Å². The zero-order chi connectivity index (χ0) is 13.7. The van der Waals surface area contributed by atoms with Gasteiger partial charge in [0.05, 0.1) is 11.1 Å². The van der Waals surface area contributed by atoms with E-state index in [-0.39, 0.29) is 6.61 Å². The summed E-state index contributed by atoms with van der Waals surface area (Å²) in [5.74, 6) is 0. The number of alkyl halides is 6. The number of aliphatic hydroxyl groups is 1. The van der Waals surface area contributed by atoms with E-state index in [9.17, 15) is 26.3 Å². The quantitative estimate of drug-likeness (QED) is 0.705. The number of rotatable bonds is 0. The molecule has 0 aliphatic carbocycles. The van der Waals surface area contributed by atoms with Crippen LogP contribution in [0.4, 0.5) is 26.3 Å². The summed E-state index contributed by atoms with van der Waals surface area (Å²) in [7, 11) is 0. The van der Waals surface area contributed by atoms with E-state index in [0.29, 0.717) is 12.1 Å². The lowest BCUT2D eigenvalue weighted by atomic mass is 10.1. The molecule has 7 heteroatoms. The molecule has 1 aromatic carbocycles. The molecule has 0 heterocycles. The highest BCUT2D eigenvalue weighted by Crippen LogP contribution is 2.39. The molecule has 0 saturated heterocycles. The molecule has 0 spiro atoms. The molecule has 1 N–H and O–H groups in total. The number of hydrogen-bond acceptors (Lipinski definition) is 1. The molecule has 0 amide bonds. The Kier molecular flexibility index (Phi) is 5.47. The van der Waals surface area contributed by atoms with Gasteiger partial charge in [0.15, 0.2) is 0 Å². The lowest BCUT2D eigenvalue weighted by molar-refractivity contribution is -0.162. The Morgan fingerprint density at radius 2 is 1.12 bits per heavy atom. The summed E-state index contributed by atoms with van der Waals surface area (Å²) < 4.78 is 72.5. The highest BCUT2D eigenvalue weighted by Gasteiger charge is 2.42. The minimum Gasteiger partial charge on any atom is -0.397 e. The summed E-state index contributed by atoms with van der Waals surface area (Å²) in [6.45, 7) is 1.93. The number of benzene rings is 1. The summed E-state index contributed by atoms with van der Waals surface area (Å²) in [5.41, 5.74) is -3.32. The molecule has 0 saturated carbocycles. The second kappa shape index (κ2) is 5.90. The first-order chi connectivity index (χ1) is 7.64. The van der Waals surface area contributed by atoms with E-state index in [4.69, 9.17) is 5.11 Å². The van der Waals surface area contributed by atoms with Crippen LogP contribution >= 0.6 is 0 Å². The van der Waals surface area contributed by atoms with E-state index in [0.717, 1.165) is 12.1 Å². The maximum Gasteiger partial charge on any atom is 0.417 e. The van der Waals surface area contributed by atoms with Crippen molar-refractivity contribution in [3.8, 4) is 0 Å². The van der Waals surface area contributed by atoms with Crippen molar-refractivity contribution >= 4 is 0 Å².